The molecule has 1 aliphatic heterocycles. The molecule has 1 aromatic rings. The maximum absolute atomic E-state index is 13.6. The summed E-state index contributed by atoms with van der Waals surface area (Å²) in [5, 5.41) is 8.88. The number of nitrogens with two attached hydrogens (primary N) is 1. The van der Waals surface area contributed by atoms with Crippen molar-refractivity contribution in [3.63, 3.8) is 0 Å². The molecule has 0 aromatic carbocycles. The molecule has 0 spiro atoms. The van der Waals surface area contributed by atoms with Gasteiger partial charge in [-0.05, 0) is 12.2 Å². The fourth-order valence-corrected chi connectivity index (χ4v) is 1.96. The van der Waals surface area contributed by atoms with Gasteiger partial charge in [0.2, 0.25) is 4.77 Å². The van der Waals surface area contributed by atoms with Gasteiger partial charge in [-0.25, -0.2) is 8.78 Å². The SMILES string of the molecule is Nc1nc(=S)n([C@@H]2O[C@H](CO)C[C@@H]2F)cc1F. The maximum Gasteiger partial charge on any atom is 0.203 e. The number of aliphatic hydroxyl groups is 1. The number of aromatic nitrogens is 2. The van der Waals surface area contributed by atoms with E-state index in [9.17, 15) is 8.78 Å². The summed E-state index contributed by atoms with van der Waals surface area (Å²) in [4.78, 5) is 3.57. The van der Waals surface area contributed by atoms with E-state index >= 15 is 0 Å². The third-order valence-electron chi connectivity index (χ3n) is 2.54. The van der Waals surface area contributed by atoms with E-state index < -0.39 is 24.3 Å². The van der Waals surface area contributed by atoms with Gasteiger partial charge >= 0.3 is 0 Å². The first kappa shape index (κ1) is 12.3. The van der Waals surface area contributed by atoms with Crippen molar-refractivity contribution in [2.45, 2.75) is 24.9 Å². The van der Waals surface area contributed by atoms with Crippen LogP contribution in [0.5, 0.6) is 0 Å². The molecule has 1 aromatic heterocycles. The number of aliphatic hydroxyl groups excluding tert-OH is 1. The molecule has 0 radical (unpaired) electrons. The molecule has 1 aliphatic rings. The number of nitrogen functional groups attached to an aromatic ring is 1. The second-order valence-corrected chi connectivity index (χ2v) is 4.11. The lowest BCUT2D eigenvalue weighted by Crippen LogP contribution is -2.20. The number of anilines is 1. The zero-order chi connectivity index (χ0) is 12.6. The van der Waals surface area contributed by atoms with Gasteiger partial charge in [0.05, 0.1) is 12.7 Å². The average molecular weight is 263 g/mol. The van der Waals surface area contributed by atoms with Crippen molar-refractivity contribution < 1.29 is 18.6 Å². The van der Waals surface area contributed by atoms with Gasteiger partial charge in [0.1, 0.15) is 6.17 Å². The number of nitrogens with zero attached hydrogens (tertiary/aromatic N) is 2. The van der Waals surface area contributed by atoms with Crippen LogP contribution in [0.15, 0.2) is 6.20 Å². The number of ether oxygens (including phenoxy) is 1. The topological polar surface area (TPSA) is 73.3 Å². The molecule has 17 heavy (non-hydrogen) atoms. The molecule has 1 fully saturated rings. The van der Waals surface area contributed by atoms with Crippen molar-refractivity contribution in [1.29, 1.82) is 0 Å². The molecular formula is C9H11F2N3O2S. The van der Waals surface area contributed by atoms with Gasteiger partial charge in [0, 0.05) is 12.6 Å². The number of halogens is 2. The van der Waals surface area contributed by atoms with Crippen molar-refractivity contribution >= 4 is 18.0 Å². The van der Waals surface area contributed by atoms with Crippen molar-refractivity contribution in [3.05, 3.63) is 16.8 Å². The summed E-state index contributed by atoms with van der Waals surface area (Å²) in [7, 11) is 0. The van der Waals surface area contributed by atoms with E-state index in [-0.39, 0.29) is 23.6 Å². The van der Waals surface area contributed by atoms with E-state index in [4.69, 9.17) is 27.8 Å². The van der Waals surface area contributed by atoms with E-state index in [2.05, 4.69) is 4.98 Å². The number of alkyl halides is 1. The second-order valence-electron chi connectivity index (χ2n) is 3.75. The predicted molar refractivity (Wildman–Crippen MR) is 57.9 cm³/mol. The fraction of sp³-hybridized carbons (Fsp3) is 0.556. The molecular weight excluding hydrogens is 252 g/mol. The van der Waals surface area contributed by atoms with E-state index in [1.165, 1.54) is 0 Å². The Morgan fingerprint density at radius 3 is 3.00 bits per heavy atom. The summed E-state index contributed by atoms with van der Waals surface area (Å²) in [6.45, 7) is -0.297. The Morgan fingerprint density at radius 2 is 2.41 bits per heavy atom. The van der Waals surface area contributed by atoms with Gasteiger partial charge in [-0.1, -0.05) is 0 Å². The highest BCUT2D eigenvalue weighted by Crippen LogP contribution is 2.31. The van der Waals surface area contributed by atoms with Gasteiger partial charge < -0.3 is 15.6 Å². The van der Waals surface area contributed by atoms with E-state index in [1.807, 2.05) is 0 Å². The molecule has 0 aliphatic carbocycles. The number of hydrogen-bond donors (Lipinski definition) is 2. The van der Waals surface area contributed by atoms with Crippen LogP contribution in [0.2, 0.25) is 0 Å². The van der Waals surface area contributed by atoms with Crippen LogP contribution in [0.4, 0.5) is 14.6 Å². The number of rotatable bonds is 2. The van der Waals surface area contributed by atoms with E-state index in [1.54, 1.807) is 0 Å². The quantitative estimate of drug-likeness (QED) is 0.777. The third kappa shape index (κ3) is 2.28. The standard InChI is InChI=1S/C9H11F2N3O2S/c10-5-1-4(3-15)16-8(5)14-2-6(11)7(12)13-9(14)17/h2,4-5,8,15H,1,3H2,(H2,12,13,17)/t4-,5-,8+/m0/s1. The Morgan fingerprint density at radius 1 is 1.71 bits per heavy atom. The summed E-state index contributed by atoms with van der Waals surface area (Å²) in [6.07, 6.45) is -2.06. The second kappa shape index (κ2) is 4.63. The molecule has 2 rings (SSSR count). The van der Waals surface area contributed by atoms with Crippen LogP contribution in [0, 0.1) is 10.6 Å². The van der Waals surface area contributed by atoms with Crippen LogP contribution in [-0.2, 0) is 4.74 Å². The molecule has 0 unspecified atom stereocenters. The van der Waals surface area contributed by atoms with Crippen LogP contribution in [0.3, 0.4) is 0 Å². The first-order valence-electron chi connectivity index (χ1n) is 4.97. The monoisotopic (exact) mass is 263 g/mol. The molecule has 2 heterocycles. The van der Waals surface area contributed by atoms with Gasteiger partial charge in [0.25, 0.3) is 0 Å². The van der Waals surface area contributed by atoms with Crippen LogP contribution in [0.25, 0.3) is 0 Å². The van der Waals surface area contributed by atoms with Gasteiger partial charge in [0.15, 0.2) is 17.9 Å². The van der Waals surface area contributed by atoms with Crippen LogP contribution < -0.4 is 5.73 Å². The minimum atomic E-state index is -1.37. The first-order valence-corrected chi connectivity index (χ1v) is 5.38. The van der Waals surface area contributed by atoms with Crippen molar-refractivity contribution in [2.24, 2.45) is 0 Å². The fourth-order valence-electron chi connectivity index (χ4n) is 1.70. The lowest BCUT2D eigenvalue weighted by molar-refractivity contribution is -0.0387. The lowest BCUT2D eigenvalue weighted by Gasteiger charge is -2.17. The van der Waals surface area contributed by atoms with Crippen LogP contribution in [0.1, 0.15) is 12.6 Å². The van der Waals surface area contributed by atoms with Crippen LogP contribution >= 0.6 is 12.2 Å². The first-order chi connectivity index (χ1) is 8.02. The Labute approximate surface area is 101 Å². The molecule has 0 amide bonds. The third-order valence-corrected chi connectivity index (χ3v) is 2.84. The largest absolute Gasteiger partial charge is 0.394 e. The smallest absolute Gasteiger partial charge is 0.203 e. The zero-order valence-corrected chi connectivity index (χ0v) is 9.53. The highest BCUT2D eigenvalue weighted by molar-refractivity contribution is 7.71. The van der Waals surface area contributed by atoms with Gasteiger partial charge in [-0.15, -0.1) is 0 Å². The molecule has 0 saturated carbocycles. The molecule has 5 nitrogen and oxygen atoms in total. The van der Waals surface area contributed by atoms with E-state index in [0.717, 1.165) is 10.8 Å². The van der Waals surface area contributed by atoms with Gasteiger partial charge in [-0.3, -0.25) is 4.57 Å². The summed E-state index contributed by atoms with van der Waals surface area (Å²) in [5.74, 6) is -1.12. The molecule has 94 valence electrons. The Bertz CT molecular complexity index is 482. The molecule has 3 atom stereocenters. The zero-order valence-electron chi connectivity index (χ0n) is 8.72. The predicted octanol–water partition coefficient (Wildman–Crippen LogP) is 0.952. The Kier molecular flexibility index (Phi) is 3.36. The molecule has 8 heteroatoms. The summed E-state index contributed by atoms with van der Waals surface area (Å²) < 4.78 is 33.1. The van der Waals surface area contributed by atoms with Crippen LogP contribution in [-0.4, -0.2) is 33.5 Å². The minimum absolute atomic E-state index is 0.0366. The average Bonchev–Trinajstić information content (AvgIpc) is 2.65. The summed E-state index contributed by atoms with van der Waals surface area (Å²) >= 11 is 4.86. The Balaban J connectivity index is 2.35. The van der Waals surface area contributed by atoms with Crippen molar-refractivity contribution in [3.8, 4) is 0 Å². The minimum Gasteiger partial charge on any atom is -0.394 e. The van der Waals surface area contributed by atoms with Gasteiger partial charge in [-0.2, -0.15) is 4.98 Å². The normalized spacial score (nSPS) is 28.5. The van der Waals surface area contributed by atoms with E-state index in [0.29, 0.717) is 0 Å². The highest BCUT2D eigenvalue weighted by atomic mass is 32.1. The molecule has 1 saturated heterocycles. The summed E-state index contributed by atoms with van der Waals surface area (Å²) in [6, 6.07) is 0. The molecule has 3 N–H and O–H groups in total. The summed E-state index contributed by atoms with van der Waals surface area (Å²) in [5.41, 5.74) is 5.24. The number of hydrogen-bond acceptors (Lipinski definition) is 5. The highest BCUT2D eigenvalue weighted by Gasteiger charge is 2.36. The lowest BCUT2D eigenvalue weighted by atomic mass is 10.2. The Hall–Kier alpha value is -1.12. The van der Waals surface area contributed by atoms with Crippen molar-refractivity contribution in [1.82, 2.24) is 9.55 Å². The molecule has 0 bridgehead atoms. The van der Waals surface area contributed by atoms with Crippen molar-refractivity contribution in [2.75, 3.05) is 12.3 Å². The maximum atomic E-state index is 13.6.